The Labute approximate surface area is 153 Å². The Morgan fingerprint density at radius 1 is 1.35 bits per heavy atom. The molecular formula is C19H25N5O2. The summed E-state index contributed by atoms with van der Waals surface area (Å²) in [7, 11) is 3.77. The monoisotopic (exact) mass is 355 g/mol. The van der Waals surface area contributed by atoms with Gasteiger partial charge in [0.25, 0.3) is 0 Å². The summed E-state index contributed by atoms with van der Waals surface area (Å²) in [6.45, 7) is 2.71. The van der Waals surface area contributed by atoms with Gasteiger partial charge in [0.15, 0.2) is 0 Å². The number of aliphatic hydroxyl groups is 1. The van der Waals surface area contributed by atoms with E-state index in [1.807, 2.05) is 50.2 Å². The number of aromatic nitrogens is 2. The number of carbonyl (C=O) groups is 1. The summed E-state index contributed by atoms with van der Waals surface area (Å²) in [4.78, 5) is 25.1. The zero-order valence-electron chi connectivity index (χ0n) is 15.4. The number of hydrogen-bond donors (Lipinski definition) is 2. The molecule has 1 atom stereocenters. The zero-order valence-corrected chi connectivity index (χ0v) is 15.4. The summed E-state index contributed by atoms with van der Waals surface area (Å²) >= 11 is 0. The van der Waals surface area contributed by atoms with Gasteiger partial charge < -0.3 is 20.2 Å². The van der Waals surface area contributed by atoms with Crippen LogP contribution in [-0.4, -0.2) is 53.3 Å². The highest BCUT2D eigenvalue weighted by Crippen LogP contribution is 2.29. The molecule has 0 radical (unpaired) electrons. The molecule has 0 spiro atoms. The average Bonchev–Trinajstić information content (AvgIpc) is 2.64. The minimum absolute atomic E-state index is 0.0954. The van der Waals surface area contributed by atoms with Crippen LogP contribution in [0.2, 0.25) is 0 Å². The lowest BCUT2D eigenvalue weighted by molar-refractivity contribution is 0.126. The second-order valence-corrected chi connectivity index (χ2v) is 6.69. The van der Waals surface area contributed by atoms with E-state index in [2.05, 4.69) is 21.4 Å². The molecule has 0 aliphatic carbocycles. The van der Waals surface area contributed by atoms with Crippen molar-refractivity contribution in [3.63, 3.8) is 0 Å². The number of anilines is 1. The summed E-state index contributed by atoms with van der Waals surface area (Å²) in [6.07, 6.45) is 0.789. The summed E-state index contributed by atoms with van der Waals surface area (Å²) < 4.78 is 0. The number of nitrogens with one attached hydrogen (secondary N) is 1. The third-order valence-electron chi connectivity index (χ3n) is 4.56. The van der Waals surface area contributed by atoms with Crippen LogP contribution in [0.15, 0.2) is 30.3 Å². The molecule has 0 bridgehead atoms. The fourth-order valence-corrected chi connectivity index (χ4v) is 3.27. The van der Waals surface area contributed by atoms with Gasteiger partial charge in [0, 0.05) is 26.3 Å². The van der Waals surface area contributed by atoms with Gasteiger partial charge in [-0.1, -0.05) is 24.3 Å². The van der Waals surface area contributed by atoms with Crippen LogP contribution in [0.25, 0.3) is 0 Å². The highest BCUT2D eigenvalue weighted by atomic mass is 16.3. The van der Waals surface area contributed by atoms with E-state index >= 15 is 0 Å². The predicted octanol–water partition coefficient (Wildman–Crippen LogP) is 1.65. The van der Waals surface area contributed by atoms with E-state index in [0.717, 1.165) is 23.4 Å². The minimum atomic E-state index is -0.315. The van der Waals surface area contributed by atoms with Crippen LogP contribution in [0, 0.1) is 6.92 Å². The second-order valence-electron chi connectivity index (χ2n) is 6.69. The van der Waals surface area contributed by atoms with Crippen molar-refractivity contribution in [1.29, 1.82) is 0 Å². The van der Waals surface area contributed by atoms with E-state index in [9.17, 15) is 9.90 Å². The number of amides is 2. The van der Waals surface area contributed by atoms with Crippen LogP contribution in [0.4, 0.5) is 10.7 Å². The first kappa shape index (κ1) is 18.1. The molecule has 2 aromatic rings. The number of fused-ring (bicyclic) bond motifs is 1. The predicted molar refractivity (Wildman–Crippen MR) is 100 cm³/mol. The summed E-state index contributed by atoms with van der Waals surface area (Å²) in [5.41, 5.74) is 3.82. The Morgan fingerprint density at radius 2 is 2.12 bits per heavy atom. The number of aryl methyl sites for hydroxylation is 1. The van der Waals surface area contributed by atoms with Gasteiger partial charge in [-0.2, -0.15) is 0 Å². The lowest BCUT2D eigenvalue weighted by Crippen LogP contribution is -2.46. The summed E-state index contributed by atoms with van der Waals surface area (Å²) in [6, 6.07) is 9.32. The van der Waals surface area contributed by atoms with E-state index in [1.165, 1.54) is 5.56 Å². The van der Waals surface area contributed by atoms with E-state index in [4.69, 9.17) is 0 Å². The summed E-state index contributed by atoms with van der Waals surface area (Å²) in [5.74, 6) is 0.620. The quantitative estimate of drug-likeness (QED) is 0.872. The van der Waals surface area contributed by atoms with Gasteiger partial charge in [-0.15, -0.1) is 0 Å². The Balaban J connectivity index is 1.71. The molecule has 138 valence electrons. The maximum atomic E-state index is 12.7. The Bertz CT molecular complexity index is 793. The van der Waals surface area contributed by atoms with Gasteiger partial charge in [-0.3, -0.25) is 0 Å². The maximum absolute atomic E-state index is 12.7. The number of urea groups is 1. The van der Waals surface area contributed by atoms with Crippen molar-refractivity contribution >= 4 is 12.0 Å². The SMILES string of the molecule is Cc1cc(CNC(=O)N2CCc3ccccc3[C@H]2CO)nc(N(C)C)n1. The van der Waals surface area contributed by atoms with E-state index in [0.29, 0.717) is 19.0 Å². The lowest BCUT2D eigenvalue weighted by Gasteiger charge is -2.36. The number of nitrogens with zero attached hydrogens (tertiary/aromatic N) is 4. The largest absolute Gasteiger partial charge is 0.394 e. The van der Waals surface area contributed by atoms with Crippen molar-refractivity contribution < 1.29 is 9.90 Å². The minimum Gasteiger partial charge on any atom is -0.394 e. The zero-order chi connectivity index (χ0) is 18.7. The molecule has 0 saturated heterocycles. The number of hydrogen-bond acceptors (Lipinski definition) is 5. The second kappa shape index (κ2) is 7.70. The molecule has 0 fully saturated rings. The van der Waals surface area contributed by atoms with Crippen LogP contribution in [0.1, 0.15) is 28.6 Å². The van der Waals surface area contributed by atoms with Crippen molar-refractivity contribution in [2.24, 2.45) is 0 Å². The highest BCUT2D eigenvalue weighted by molar-refractivity contribution is 5.75. The van der Waals surface area contributed by atoms with E-state index < -0.39 is 0 Å². The fourth-order valence-electron chi connectivity index (χ4n) is 3.27. The Kier molecular flexibility index (Phi) is 5.37. The molecule has 7 nitrogen and oxygen atoms in total. The molecular weight excluding hydrogens is 330 g/mol. The molecule has 1 aliphatic rings. The first-order chi connectivity index (χ1) is 12.5. The van der Waals surface area contributed by atoms with Crippen molar-refractivity contribution in [2.45, 2.75) is 25.9 Å². The van der Waals surface area contributed by atoms with Gasteiger partial charge in [0.1, 0.15) is 0 Å². The van der Waals surface area contributed by atoms with Gasteiger partial charge in [-0.25, -0.2) is 14.8 Å². The molecule has 0 saturated carbocycles. The summed E-state index contributed by atoms with van der Waals surface area (Å²) in [5, 5.41) is 12.8. The lowest BCUT2D eigenvalue weighted by atomic mass is 9.93. The van der Waals surface area contributed by atoms with Crippen LogP contribution < -0.4 is 10.2 Å². The molecule has 1 aliphatic heterocycles. The molecule has 26 heavy (non-hydrogen) atoms. The molecule has 2 heterocycles. The van der Waals surface area contributed by atoms with Crippen molar-refractivity contribution in [3.8, 4) is 0 Å². The molecule has 0 unspecified atom stereocenters. The molecule has 2 amide bonds. The number of rotatable bonds is 4. The van der Waals surface area contributed by atoms with Gasteiger partial charge in [0.2, 0.25) is 5.95 Å². The van der Waals surface area contributed by atoms with Crippen LogP contribution in [0.5, 0.6) is 0 Å². The maximum Gasteiger partial charge on any atom is 0.318 e. The van der Waals surface area contributed by atoms with Crippen molar-refractivity contribution in [1.82, 2.24) is 20.2 Å². The number of carbonyl (C=O) groups excluding carboxylic acids is 1. The third kappa shape index (κ3) is 3.77. The Morgan fingerprint density at radius 3 is 2.85 bits per heavy atom. The normalized spacial score (nSPS) is 16.2. The highest BCUT2D eigenvalue weighted by Gasteiger charge is 2.29. The van der Waals surface area contributed by atoms with Crippen molar-refractivity contribution in [2.75, 3.05) is 32.1 Å². The number of aliphatic hydroxyl groups excluding tert-OH is 1. The molecule has 1 aromatic carbocycles. The smallest absolute Gasteiger partial charge is 0.318 e. The van der Waals surface area contributed by atoms with Gasteiger partial charge in [-0.05, 0) is 30.5 Å². The van der Waals surface area contributed by atoms with Crippen molar-refractivity contribution in [3.05, 3.63) is 52.8 Å². The standard InChI is InChI=1S/C19H25N5O2/c1-13-10-15(22-18(21-13)23(2)3)11-20-19(26)24-9-8-14-6-4-5-7-16(14)17(24)12-25/h4-7,10,17,25H,8-9,11-12H2,1-3H3,(H,20,26)/t17-/m1/s1. The molecule has 3 rings (SSSR count). The number of benzene rings is 1. The van der Waals surface area contributed by atoms with E-state index in [-0.39, 0.29) is 18.7 Å². The first-order valence-electron chi connectivity index (χ1n) is 8.74. The first-order valence-corrected chi connectivity index (χ1v) is 8.74. The molecule has 7 heteroatoms. The topological polar surface area (TPSA) is 81.6 Å². The molecule has 2 N–H and O–H groups in total. The van der Waals surface area contributed by atoms with Crippen LogP contribution in [0.3, 0.4) is 0 Å². The molecule has 1 aromatic heterocycles. The van der Waals surface area contributed by atoms with Gasteiger partial charge >= 0.3 is 6.03 Å². The fraction of sp³-hybridized carbons (Fsp3) is 0.421. The van der Waals surface area contributed by atoms with E-state index in [1.54, 1.807) is 4.90 Å². The van der Waals surface area contributed by atoms with Crippen LogP contribution >= 0.6 is 0 Å². The average molecular weight is 355 g/mol. The van der Waals surface area contributed by atoms with Crippen LogP contribution in [-0.2, 0) is 13.0 Å². The Hall–Kier alpha value is -2.67. The van der Waals surface area contributed by atoms with Gasteiger partial charge in [0.05, 0.1) is 24.9 Å². The third-order valence-corrected chi connectivity index (χ3v) is 4.56.